The summed E-state index contributed by atoms with van der Waals surface area (Å²) in [7, 11) is 0. The first-order valence-electron chi connectivity index (χ1n) is 6.74. The van der Waals surface area contributed by atoms with Gasteiger partial charge < -0.3 is 15.8 Å². The Balaban J connectivity index is 1.84. The fourth-order valence-electron chi connectivity index (χ4n) is 2.26. The summed E-state index contributed by atoms with van der Waals surface area (Å²) in [6.45, 7) is 3.61. The molecule has 1 aromatic heterocycles. The Hall–Kier alpha value is -1.36. The third-order valence-corrected chi connectivity index (χ3v) is 3.33. The molecule has 1 saturated carbocycles. The molecule has 100 valence electrons. The van der Waals surface area contributed by atoms with Gasteiger partial charge in [0.25, 0.3) is 0 Å². The second kappa shape index (κ2) is 6.54. The molecule has 0 saturated heterocycles. The van der Waals surface area contributed by atoms with Crippen LogP contribution in [-0.2, 0) is 0 Å². The lowest BCUT2D eigenvalue weighted by Crippen LogP contribution is -2.29. The number of hydrogen-bond donors (Lipinski definition) is 2. The van der Waals surface area contributed by atoms with Gasteiger partial charge in [0.2, 0.25) is 5.88 Å². The zero-order chi connectivity index (χ0) is 12.8. The smallest absolute Gasteiger partial charge is 0.234 e. The van der Waals surface area contributed by atoms with E-state index in [4.69, 9.17) is 10.5 Å². The Bertz CT molecular complexity index is 372. The Morgan fingerprint density at radius 1 is 1.44 bits per heavy atom. The highest BCUT2D eigenvalue weighted by atomic mass is 16.5. The zero-order valence-corrected chi connectivity index (χ0v) is 10.9. The highest BCUT2D eigenvalue weighted by Gasteiger charge is 2.23. The molecule has 0 bridgehead atoms. The fourth-order valence-corrected chi connectivity index (χ4v) is 2.26. The Kier molecular flexibility index (Phi) is 4.75. The Morgan fingerprint density at radius 2 is 2.33 bits per heavy atom. The van der Waals surface area contributed by atoms with Gasteiger partial charge in [0.05, 0.1) is 19.0 Å². The van der Waals surface area contributed by atoms with Crippen LogP contribution in [0.3, 0.4) is 0 Å². The summed E-state index contributed by atoms with van der Waals surface area (Å²) in [5, 5.41) is 3.30. The van der Waals surface area contributed by atoms with Gasteiger partial charge in [0.1, 0.15) is 5.82 Å². The molecule has 3 N–H and O–H groups in total. The quantitative estimate of drug-likeness (QED) is 0.805. The number of rotatable bonds is 6. The van der Waals surface area contributed by atoms with E-state index in [-0.39, 0.29) is 0 Å². The molecule has 1 fully saturated rings. The van der Waals surface area contributed by atoms with E-state index >= 15 is 0 Å². The lowest BCUT2D eigenvalue weighted by atomic mass is 10.1. The topological polar surface area (TPSA) is 73.1 Å². The maximum atomic E-state index is 6.04. The maximum absolute atomic E-state index is 6.04. The minimum atomic E-state index is 0.324. The monoisotopic (exact) mass is 250 g/mol. The van der Waals surface area contributed by atoms with E-state index in [0.29, 0.717) is 24.4 Å². The van der Waals surface area contributed by atoms with E-state index in [2.05, 4.69) is 22.2 Å². The number of nitrogens with one attached hydrogen (secondary N) is 1. The predicted octanol–water partition coefficient (Wildman–Crippen LogP) is 1.80. The fraction of sp³-hybridized carbons (Fsp3) is 0.692. The van der Waals surface area contributed by atoms with Gasteiger partial charge in [-0.25, -0.2) is 0 Å². The largest absolute Gasteiger partial charge is 0.477 e. The maximum Gasteiger partial charge on any atom is 0.234 e. The number of hydrogen-bond acceptors (Lipinski definition) is 5. The molecule has 0 aliphatic heterocycles. The van der Waals surface area contributed by atoms with Crippen molar-refractivity contribution in [3.63, 3.8) is 0 Å². The van der Waals surface area contributed by atoms with Crippen LogP contribution in [0.25, 0.3) is 0 Å². The number of anilines is 1. The molecule has 2 unspecified atom stereocenters. The molecule has 1 aromatic rings. The van der Waals surface area contributed by atoms with Crippen molar-refractivity contribution in [1.82, 2.24) is 9.97 Å². The predicted molar refractivity (Wildman–Crippen MR) is 71.6 cm³/mol. The first-order chi connectivity index (χ1) is 8.79. The van der Waals surface area contributed by atoms with Gasteiger partial charge in [0.15, 0.2) is 0 Å². The van der Waals surface area contributed by atoms with Gasteiger partial charge in [-0.15, -0.1) is 0 Å². The third-order valence-electron chi connectivity index (χ3n) is 3.33. The summed E-state index contributed by atoms with van der Waals surface area (Å²) in [5.74, 6) is 1.90. The minimum absolute atomic E-state index is 0.324. The molecule has 5 heteroatoms. The van der Waals surface area contributed by atoms with Crippen molar-refractivity contribution in [2.75, 3.05) is 18.5 Å². The van der Waals surface area contributed by atoms with Crippen molar-refractivity contribution in [1.29, 1.82) is 0 Å². The van der Waals surface area contributed by atoms with E-state index < -0.39 is 0 Å². The summed E-state index contributed by atoms with van der Waals surface area (Å²) < 4.78 is 5.45. The van der Waals surface area contributed by atoms with Crippen LogP contribution < -0.4 is 15.8 Å². The Labute approximate surface area is 108 Å². The second-order valence-electron chi connectivity index (χ2n) is 4.83. The van der Waals surface area contributed by atoms with E-state index in [0.717, 1.165) is 25.2 Å². The third kappa shape index (κ3) is 3.57. The molecule has 18 heavy (non-hydrogen) atoms. The summed E-state index contributed by atoms with van der Waals surface area (Å²) >= 11 is 0. The first-order valence-corrected chi connectivity index (χ1v) is 6.74. The molecule has 0 spiro atoms. The number of nitrogens with two attached hydrogens (primary N) is 1. The number of ether oxygens (including phenoxy) is 1. The normalized spacial score (nSPS) is 23.0. The van der Waals surface area contributed by atoms with E-state index in [1.807, 2.05) is 0 Å². The van der Waals surface area contributed by atoms with Crippen LogP contribution in [0.2, 0.25) is 0 Å². The van der Waals surface area contributed by atoms with Crippen molar-refractivity contribution >= 4 is 5.82 Å². The van der Waals surface area contributed by atoms with E-state index in [1.54, 1.807) is 12.4 Å². The van der Waals surface area contributed by atoms with Gasteiger partial charge in [-0.1, -0.05) is 13.3 Å². The Morgan fingerprint density at radius 3 is 3.06 bits per heavy atom. The lowest BCUT2D eigenvalue weighted by Gasteiger charge is -2.16. The van der Waals surface area contributed by atoms with Crippen LogP contribution in [0.1, 0.15) is 32.6 Å². The minimum Gasteiger partial charge on any atom is -0.477 e. The van der Waals surface area contributed by atoms with Crippen molar-refractivity contribution in [2.24, 2.45) is 11.7 Å². The number of aromatic nitrogens is 2. The molecule has 1 heterocycles. The molecule has 2 atom stereocenters. The second-order valence-corrected chi connectivity index (χ2v) is 4.83. The van der Waals surface area contributed by atoms with Crippen LogP contribution >= 0.6 is 0 Å². The van der Waals surface area contributed by atoms with Gasteiger partial charge >= 0.3 is 0 Å². The van der Waals surface area contributed by atoms with Crippen LogP contribution in [0.5, 0.6) is 5.88 Å². The molecular formula is C13H22N4O. The van der Waals surface area contributed by atoms with Crippen molar-refractivity contribution in [3.05, 3.63) is 12.4 Å². The van der Waals surface area contributed by atoms with Gasteiger partial charge in [0, 0.05) is 12.6 Å². The molecule has 1 aliphatic carbocycles. The average Bonchev–Trinajstić information content (AvgIpc) is 2.80. The summed E-state index contributed by atoms with van der Waals surface area (Å²) in [6, 6.07) is 0.324. The average molecular weight is 250 g/mol. The highest BCUT2D eigenvalue weighted by Crippen LogP contribution is 2.24. The summed E-state index contributed by atoms with van der Waals surface area (Å²) in [6.07, 6.45) is 7.90. The summed E-state index contributed by atoms with van der Waals surface area (Å²) in [4.78, 5) is 8.48. The molecule has 0 amide bonds. The standard InChI is InChI=1S/C13H22N4O/c1-2-6-18-13-9-15-8-12(17-13)16-7-10-4-3-5-11(10)14/h8-11H,2-7,14H2,1H3,(H,16,17). The molecule has 2 rings (SSSR count). The summed E-state index contributed by atoms with van der Waals surface area (Å²) in [5.41, 5.74) is 6.04. The molecule has 1 aliphatic rings. The number of nitrogens with zero attached hydrogens (tertiary/aromatic N) is 2. The highest BCUT2D eigenvalue weighted by molar-refractivity contribution is 5.33. The zero-order valence-electron chi connectivity index (χ0n) is 10.9. The molecule has 5 nitrogen and oxygen atoms in total. The first kappa shape index (κ1) is 13.1. The SMILES string of the molecule is CCCOc1cncc(NCC2CCCC2N)n1. The van der Waals surface area contributed by atoms with Crippen molar-refractivity contribution in [2.45, 2.75) is 38.6 Å². The van der Waals surface area contributed by atoms with Crippen LogP contribution in [-0.4, -0.2) is 29.2 Å². The van der Waals surface area contributed by atoms with E-state index in [9.17, 15) is 0 Å². The van der Waals surface area contributed by atoms with Crippen LogP contribution in [0.4, 0.5) is 5.82 Å². The molecular weight excluding hydrogens is 228 g/mol. The van der Waals surface area contributed by atoms with Gasteiger partial charge in [-0.2, -0.15) is 4.98 Å². The molecule has 0 radical (unpaired) electrons. The molecule has 0 aromatic carbocycles. The van der Waals surface area contributed by atoms with Crippen molar-refractivity contribution < 1.29 is 4.74 Å². The van der Waals surface area contributed by atoms with Gasteiger partial charge in [-0.3, -0.25) is 4.98 Å². The van der Waals surface area contributed by atoms with Crippen LogP contribution in [0.15, 0.2) is 12.4 Å². The van der Waals surface area contributed by atoms with Crippen molar-refractivity contribution in [3.8, 4) is 5.88 Å². The van der Waals surface area contributed by atoms with Crippen LogP contribution in [0, 0.1) is 5.92 Å². The van der Waals surface area contributed by atoms with Gasteiger partial charge in [-0.05, 0) is 25.2 Å². The van der Waals surface area contributed by atoms with E-state index in [1.165, 1.54) is 12.8 Å². The lowest BCUT2D eigenvalue weighted by molar-refractivity contribution is 0.304.